The van der Waals surface area contributed by atoms with Crippen LogP contribution in [0.2, 0.25) is 0 Å². The SMILES string of the molecule is NC(=O)c1ccc(N)c(OCCN2CCCC2)c1. The molecule has 18 heavy (non-hydrogen) atoms. The number of primary amides is 1. The molecule has 1 aliphatic heterocycles. The Morgan fingerprint density at radius 3 is 2.72 bits per heavy atom. The predicted octanol–water partition coefficient (Wildman–Crippen LogP) is 0.842. The lowest BCUT2D eigenvalue weighted by Gasteiger charge is -2.15. The number of rotatable bonds is 5. The van der Waals surface area contributed by atoms with Crippen LogP contribution in [-0.2, 0) is 0 Å². The highest BCUT2D eigenvalue weighted by molar-refractivity contribution is 5.93. The summed E-state index contributed by atoms with van der Waals surface area (Å²) in [5, 5.41) is 0. The van der Waals surface area contributed by atoms with Gasteiger partial charge in [-0.3, -0.25) is 9.69 Å². The highest BCUT2D eigenvalue weighted by atomic mass is 16.5. The lowest BCUT2D eigenvalue weighted by atomic mass is 10.2. The van der Waals surface area contributed by atoms with E-state index in [1.165, 1.54) is 12.8 Å². The Kier molecular flexibility index (Phi) is 4.04. The van der Waals surface area contributed by atoms with E-state index in [2.05, 4.69) is 4.90 Å². The van der Waals surface area contributed by atoms with Crippen molar-refractivity contribution in [2.75, 3.05) is 32.0 Å². The summed E-state index contributed by atoms with van der Waals surface area (Å²) in [6, 6.07) is 4.85. The van der Waals surface area contributed by atoms with Crippen LogP contribution in [0.25, 0.3) is 0 Å². The van der Waals surface area contributed by atoms with Crippen molar-refractivity contribution in [1.29, 1.82) is 0 Å². The fourth-order valence-electron chi connectivity index (χ4n) is 2.10. The number of nitrogens with zero attached hydrogens (tertiary/aromatic N) is 1. The quantitative estimate of drug-likeness (QED) is 0.758. The molecule has 0 atom stereocenters. The maximum absolute atomic E-state index is 11.1. The van der Waals surface area contributed by atoms with E-state index in [1.54, 1.807) is 18.2 Å². The number of benzene rings is 1. The van der Waals surface area contributed by atoms with Crippen LogP contribution in [0, 0.1) is 0 Å². The molecule has 5 heteroatoms. The van der Waals surface area contributed by atoms with Crippen molar-refractivity contribution in [2.24, 2.45) is 5.73 Å². The number of amides is 1. The van der Waals surface area contributed by atoms with E-state index < -0.39 is 5.91 Å². The third-order valence-electron chi connectivity index (χ3n) is 3.16. The van der Waals surface area contributed by atoms with E-state index in [9.17, 15) is 4.79 Å². The van der Waals surface area contributed by atoms with Gasteiger partial charge < -0.3 is 16.2 Å². The Morgan fingerprint density at radius 2 is 2.06 bits per heavy atom. The third-order valence-corrected chi connectivity index (χ3v) is 3.16. The molecule has 0 bridgehead atoms. The summed E-state index contributed by atoms with van der Waals surface area (Å²) in [4.78, 5) is 13.4. The highest BCUT2D eigenvalue weighted by Gasteiger charge is 2.11. The zero-order valence-corrected chi connectivity index (χ0v) is 10.4. The second-order valence-corrected chi connectivity index (χ2v) is 4.51. The minimum absolute atomic E-state index is 0.417. The number of nitrogen functional groups attached to an aromatic ring is 1. The smallest absolute Gasteiger partial charge is 0.248 e. The highest BCUT2D eigenvalue weighted by Crippen LogP contribution is 2.22. The molecule has 1 saturated heterocycles. The summed E-state index contributed by atoms with van der Waals surface area (Å²) in [7, 11) is 0. The maximum atomic E-state index is 11.1. The second-order valence-electron chi connectivity index (χ2n) is 4.51. The van der Waals surface area contributed by atoms with Crippen LogP contribution in [0.5, 0.6) is 5.75 Å². The van der Waals surface area contributed by atoms with Crippen LogP contribution in [-0.4, -0.2) is 37.0 Å². The molecule has 2 rings (SSSR count). The first kappa shape index (κ1) is 12.7. The number of hydrogen-bond acceptors (Lipinski definition) is 4. The lowest BCUT2D eigenvalue weighted by Crippen LogP contribution is -2.25. The van der Waals surface area contributed by atoms with E-state index in [4.69, 9.17) is 16.2 Å². The minimum Gasteiger partial charge on any atom is -0.490 e. The van der Waals surface area contributed by atoms with Crippen LogP contribution < -0.4 is 16.2 Å². The van der Waals surface area contributed by atoms with Gasteiger partial charge in [0.15, 0.2) is 0 Å². The fraction of sp³-hybridized carbons (Fsp3) is 0.462. The first-order valence-corrected chi connectivity index (χ1v) is 6.21. The van der Waals surface area contributed by atoms with Gasteiger partial charge in [0, 0.05) is 12.1 Å². The first-order valence-electron chi connectivity index (χ1n) is 6.21. The van der Waals surface area contributed by atoms with Crippen molar-refractivity contribution in [3.05, 3.63) is 23.8 Å². The molecule has 0 aliphatic carbocycles. The molecule has 1 aromatic carbocycles. The van der Waals surface area contributed by atoms with Crippen molar-refractivity contribution in [3.63, 3.8) is 0 Å². The van der Waals surface area contributed by atoms with Crippen molar-refractivity contribution >= 4 is 11.6 Å². The number of carbonyl (C=O) groups is 1. The Balaban J connectivity index is 1.91. The molecule has 1 fully saturated rings. The number of likely N-dealkylation sites (tertiary alicyclic amines) is 1. The summed E-state index contributed by atoms with van der Waals surface area (Å²) in [6.07, 6.45) is 2.53. The van der Waals surface area contributed by atoms with Crippen molar-refractivity contribution < 1.29 is 9.53 Å². The molecule has 1 heterocycles. The van der Waals surface area contributed by atoms with Crippen LogP contribution >= 0.6 is 0 Å². The number of carbonyl (C=O) groups excluding carboxylic acids is 1. The number of ether oxygens (including phenoxy) is 1. The number of anilines is 1. The van der Waals surface area contributed by atoms with Gasteiger partial charge in [0.05, 0.1) is 5.69 Å². The Labute approximate surface area is 107 Å². The van der Waals surface area contributed by atoms with Gasteiger partial charge in [-0.25, -0.2) is 0 Å². The third kappa shape index (κ3) is 3.13. The largest absolute Gasteiger partial charge is 0.490 e. The van der Waals surface area contributed by atoms with Crippen molar-refractivity contribution in [2.45, 2.75) is 12.8 Å². The topological polar surface area (TPSA) is 81.6 Å². The van der Waals surface area contributed by atoms with E-state index in [-0.39, 0.29) is 0 Å². The minimum atomic E-state index is -0.473. The van der Waals surface area contributed by atoms with Gasteiger partial charge in [-0.05, 0) is 44.1 Å². The number of hydrogen-bond donors (Lipinski definition) is 2. The summed E-state index contributed by atoms with van der Waals surface area (Å²) in [5.41, 5.74) is 12.0. The molecular formula is C13H19N3O2. The van der Waals surface area contributed by atoms with Crippen LogP contribution in [0.1, 0.15) is 23.2 Å². The van der Waals surface area contributed by atoms with E-state index in [1.807, 2.05) is 0 Å². The molecule has 5 nitrogen and oxygen atoms in total. The molecule has 0 unspecified atom stereocenters. The van der Waals surface area contributed by atoms with Crippen molar-refractivity contribution in [1.82, 2.24) is 4.90 Å². The summed E-state index contributed by atoms with van der Waals surface area (Å²) < 4.78 is 5.62. The summed E-state index contributed by atoms with van der Waals surface area (Å²) >= 11 is 0. The van der Waals surface area contributed by atoms with Crippen LogP contribution in [0.4, 0.5) is 5.69 Å². The molecule has 1 aliphatic rings. The predicted molar refractivity (Wildman–Crippen MR) is 70.5 cm³/mol. The standard InChI is InChI=1S/C13H19N3O2/c14-11-4-3-10(13(15)17)9-12(11)18-8-7-16-5-1-2-6-16/h3-4,9H,1-2,5-8,14H2,(H2,15,17). The normalized spacial score (nSPS) is 15.8. The molecule has 4 N–H and O–H groups in total. The first-order chi connectivity index (χ1) is 8.66. The average Bonchev–Trinajstić information content (AvgIpc) is 2.84. The second kappa shape index (κ2) is 5.73. The van der Waals surface area contributed by atoms with Gasteiger partial charge in [-0.2, -0.15) is 0 Å². The zero-order valence-electron chi connectivity index (χ0n) is 10.4. The zero-order chi connectivity index (χ0) is 13.0. The molecule has 1 amide bonds. The number of nitrogens with two attached hydrogens (primary N) is 2. The van der Waals surface area contributed by atoms with Crippen molar-refractivity contribution in [3.8, 4) is 5.75 Å². The van der Waals surface area contributed by atoms with Gasteiger partial charge in [-0.1, -0.05) is 0 Å². The Hall–Kier alpha value is -1.75. The fourth-order valence-corrected chi connectivity index (χ4v) is 2.10. The molecule has 0 aromatic heterocycles. The molecule has 0 saturated carbocycles. The van der Waals surface area contributed by atoms with Gasteiger partial charge in [0.2, 0.25) is 5.91 Å². The Bertz CT molecular complexity index is 428. The van der Waals surface area contributed by atoms with E-state index in [0.717, 1.165) is 19.6 Å². The summed E-state index contributed by atoms with van der Waals surface area (Å²) in [6.45, 7) is 3.74. The van der Waals surface area contributed by atoms with Crippen LogP contribution in [0.15, 0.2) is 18.2 Å². The van der Waals surface area contributed by atoms with E-state index >= 15 is 0 Å². The van der Waals surface area contributed by atoms with Gasteiger partial charge in [0.1, 0.15) is 12.4 Å². The maximum Gasteiger partial charge on any atom is 0.248 e. The average molecular weight is 249 g/mol. The molecule has 98 valence electrons. The van der Waals surface area contributed by atoms with Gasteiger partial charge in [-0.15, -0.1) is 0 Å². The van der Waals surface area contributed by atoms with Crippen LogP contribution in [0.3, 0.4) is 0 Å². The van der Waals surface area contributed by atoms with E-state index in [0.29, 0.717) is 23.6 Å². The van der Waals surface area contributed by atoms with Gasteiger partial charge in [0.25, 0.3) is 0 Å². The lowest BCUT2D eigenvalue weighted by molar-refractivity contribution is 0.1000. The monoisotopic (exact) mass is 249 g/mol. The molecule has 1 aromatic rings. The Morgan fingerprint density at radius 1 is 1.33 bits per heavy atom. The summed E-state index contributed by atoms with van der Waals surface area (Å²) in [5.74, 6) is 0.0601. The molecule has 0 spiro atoms. The molecular weight excluding hydrogens is 230 g/mol. The molecule has 0 radical (unpaired) electrons. The van der Waals surface area contributed by atoms with Gasteiger partial charge >= 0.3 is 0 Å².